The molecule has 0 saturated carbocycles. The fourth-order valence-corrected chi connectivity index (χ4v) is 4.71. The monoisotopic (exact) mass is 436 g/mol. The van der Waals surface area contributed by atoms with Crippen molar-refractivity contribution in [3.8, 4) is 5.75 Å². The molecule has 1 aliphatic heterocycles. The number of anilines is 1. The van der Waals surface area contributed by atoms with Crippen molar-refractivity contribution in [3.63, 3.8) is 0 Å². The molecule has 2 atom stereocenters. The molecule has 0 spiro atoms. The Bertz CT molecular complexity index is 1070. The van der Waals surface area contributed by atoms with Crippen LogP contribution in [0.4, 0.5) is 5.69 Å². The van der Waals surface area contributed by atoms with E-state index < -0.39 is 0 Å². The Hall–Kier alpha value is -2.90. The van der Waals surface area contributed by atoms with Crippen LogP contribution in [0.3, 0.4) is 0 Å². The zero-order valence-electron chi connectivity index (χ0n) is 18.3. The van der Waals surface area contributed by atoms with Crippen LogP contribution in [0, 0.1) is 13.8 Å². The van der Waals surface area contributed by atoms with Crippen molar-refractivity contribution in [2.75, 3.05) is 25.7 Å². The van der Waals surface area contributed by atoms with Crippen molar-refractivity contribution in [2.24, 2.45) is 0 Å². The van der Waals surface area contributed by atoms with Crippen molar-refractivity contribution in [3.05, 3.63) is 77.4 Å². The largest absolute Gasteiger partial charge is 0.497 e. The second kappa shape index (κ2) is 9.08. The third-order valence-corrected chi connectivity index (χ3v) is 6.19. The first-order chi connectivity index (χ1) is 15.0. The molecule has 0 bridgehead atoms. The van der Waals surface area contributed by atoms with Crippen LogP contribution in [-0.2, 0) is 11.3 Å². The van der Waals surface area contributed by atoms with Crippen LogP contribution in [0.5, 0.6) is 5.75 Å². The minimum atomic E-state index is -0.0729. The molecule has 0 radical (unpaired) electrons. The summed E-state index contributed by atoms with van der Waals surface area (Å²) in [5.41, 5.74) is 5.58. The zero-order valence-corrected chi connectivity index (χ0v) is 19.1. The smallest absolute Gasteiger partial charge is 0.174 e. The minimum Gasteiger partial charge on any atom is -0.497 e. The standard InChI is InChI=1S/C24H28N4O2S/c1-16-14-20(17(2)27(16)12-13-29-3)23-22(21-10-5-6-11-25-21)26-24(31)28(23)18-8-7-9-19(15-18)30-4/h5-11,14-15,22-23H,12-13H2,1-4H3,(H,26,31)/t22-,23-/m0/s1. The number of hydrogen-bond acceptors (Lipinski definition) is 4. The molecule has 6 nitrogen and oxygen atoms in total. The lowest BCUT2D eigenvalue weighted by Gasteiger charge is -2.28. The van der Waals surface area contributed by atoms with E-state index in [0.717, 1.165) is 23.7 Å². The number of ether oxygens (including phenoxy) is 2. The molecule has 2 aromatic heterocycles. The molecule has 162 valence electrons. The van der Waals surface area contributed by atoms with Gasteiger partial charge in [-0.25, -0.2) is 0 Å². The van der Waals surface area contributed by atoms with Gasteiger partial charge < -0.3 is 24.3 Å². The first kappa shape index (κ1) is 21.3. The highest BCUT2D eigenvalue weighted by atomic mass is 32.1. The molecule has 7 heteroatoms. The topological polar surface area (TPSA) is 51.5 Å². The minimum absolute atomic E-state index is 0.0444. The molecule has 3 heterocycles. The highest BCUT2D eigenvalue weighted by Crippen LogP contribution is 2.43. The van der Waals surface area contributed by atoms with Crippen molar-refractivity contribution < 1.29 is 9.47 Å². The Morgan fingerprint density at radius 3 is 2.65 bits per heavy atom. The fourth-order valence-electron chi connectivity index (χ4n) is 4.36. The van der Waals surface area contributed by atoms with Gasteiger partial charge in [-0.15, -0.1) is 0 Å². The van der Waals surface area contributed by atoms with Crippen LogP contribution in [0.15, 0.2) is 54.7 Å². The summed E-state index contributed by atoms with van der Waals surface area (Å²) in [4.78, 5) is 6.82. The number of nitrogens with one attached hydrogen (secondary N) is 1. The molecule has 0 aliphatic carbocycles. The van der Waals surface area contributed by atoms with Crippen molar-refractivity contribution in [1.82, 2.24) is 14.9 Å². The number of aryl methyl sites for hydroxylation is 1. The van der Waals surface area contributed by atoms with Crippen molar-refractivity contribution in [1.29, 1.82) is 0 Å². The van der Waals surface area contributed by atoms with E-state index in [1.807, 2.05) is 42.6 Å². The number of aromatic nitrogens is 2. The predicted octanol–water partition coefficient (Wildman–Crippen LogP) is 4.33. The van der Waals surface area contributed by atoms with Crippen LogP contribution in [0.25, 0.3) is 0 Å². The Morgan fingerprint density at radius 2 is 1.94 bits per heavy atom. The van der Waals surface area contributed by atoms with Gasteiger partial charge in [0.15, 0.2) is 5.11 Å². The van der Waals surface area contributed by atoms with Crippen LogP contribution in [0.1, 0.15) is 34.7 Å². The van der Waals surface area contributed by atoms with Gasteiger partial charge in [-0.1, -0.05) is 12.1 Å². The molecule has 3 aromatic rings. The maximum atomic E-state index is 5.83. The SMILES string of the molecule is COCCn1c(C)cc([C@H]2[C@H](c3ccccn3)NC(=S)N2c2cccc(OC)c2)c1C. The molecule has 1 fully saturated rings. The van der Waals surface area contributed by atoms with Gasteiger partial charge in [0.2, 0.25) is 0 Å². The lowest BCUT2D eigenvalue weighted by molar-refractivity contribution is 0.186. The number of benzene rings is 1. The van der Waals surface area contributed by atoms with Crippen molar-refractivity contribution >= 4 is 23.0 Å². The van der Waals surface area contributed by atoms with Gasteiger partial charge in [-0.3, -0.25) is 4.98 Å². The Morgan fingerprint density at radius 1 is 1.10 bits per heavy atom. The second-order valence-corrected chi connectivity index (χ2v) is 8.06. The van der Waals surface area contributed by atoms with Crippen LogP contribution in [-0.4, -0.2) is 35.5 Å². The van der Waals surface area contributed by atoms with E-state index in [0.29, 0.717) is 11.7 Å². The molecule has 31 heavy (non-hydrogen) atoms. The average Bonchev–Trinajstić information content (AvgIpc) is 3.28. The summed E-state index contributed by atoms with van der Waals surface area (Å²) in [6.45, 7) is 5.78. The Balaban J connectivity index is 1.84. The van der Waals surface area contributed by atoms with E-state index >= 15 is 0 Å². The lowest BCUT2D eigenvalue weighted by atomic mass is 9.96. The average molecular weight is 437 g/mol. The van der Waals surface area contributed by atoms with Gasteiger partial charge in [0.1, 0.15) is 5.75 Å². The number of rotatable bonds is 7. The first-order valence-corrected chi connectivity index (χ1v) is 10.8. The summed E-state index contributed by atoms with van der Waals surface area (Å²) in [5, 5.41) is 4.20. The van der Waals surface area contributed by atoms with Crippen molar-refractivity contribution in [2.45, 2.75) is 32.5 Å². The van der Waals surface area contributed by atoms with Crippen LogP contribution < -0.4 is 15.0 Å². The molecule has 1 saturated heterocycles. The quantitative estimate of drug-likeness (QED) is 0.557. The predicted molar refractivity (Wildman–Crippen MR) is 127 cm³/mol. The number of thiocarbonyl (C=S) groups is 1. The second-order valence-electron chi connectivity index (χ2n) is 7.67. The summed E-state index contributed by atoms with van der Waals surface area (Å²) < 4.78 is 13.1. The maximum absolute atomic E-state index is 5.83. The van der Waals surface area contributed by atoms with E-state index in [1.54, 1.807) is 14.2 Å². The number of nitrogens with zero attached hydrogens (tertiary/aromatic N) is 3. The highest BCUT2D eigenvalue weighted by molar-refractivity contribution is 7.80. The maximum Gasteiger partial charge on any atom is 0.174 e. The van der Waals surface area contributed by atoms with Crippen LogP contribution >= 0.6 is 12.2 Å². The summed E-state index contributed by atoms with van der Waals surface area (Å²) in [5.74, 6) is 0.797. The molecular formula is C24H28N4O2S. The van der Waals surface area contributed by atoms with Gasteiger partial charge in [-0.2, -0.15) is 0 Å². The summed E-state index contributed by atoms with van der Waals surface area (Å²) >= 11 is 5.83. The van der Waals surface area contributed by atoms with Crippen LogP contribution in [0.2, 0.25) is 0 Å². The van der Waals surface area contributed by atoms with Gasteiger partial charge in [0, 0.05) is 43.0 Å². The van der Waals surface area contributed by atoms with E-state index in [2.05, 4.69) is 45.7 Å². The lowest BCUT2D eigenvalue weighted by Crippen LogP contribution is -2.29. The third kappa shape index (κ3) is 4.03. The highest BCUT2D eigenvalue weighted by Gasteiger charge is 2.42. The van der Waals surface area contributed by atoms with Gasteiger partial charge in [0.05, 0.1) is 31.5 Å². The van der Waals surface area contributed by atoms with Gasteiger partial charge in [0.25, 0.3) is 0 Å². The Labute approximate surface area is 188 Å². The fraction of sp³-hybridized carbons (Fsp3) is 0.333. The molecule has 0 amide bonds. The molecule has 4 rings (SSSR count). The Kier molecular flexibility index (Phi) is 6.25. The summed E-state index contributed by atoms with van der Waals surface area (Å²) in [7, 11) is 3.41. The summed E-state index contributed by atoms with van der Waals surface area (Å²) in [6, 6.07) is 16.2. The van der Waals surface area contributed by atoms with Gasteiger partial charge >= 0.3 is 0 Å². The van der Waals surface area contributed by atoms with E-state index in [-0.39, 0.29) is 12.1 Å². The normalized spacial score (nSPS) is 18.3. The molecule has 1 aliphatic rings. The molecule has 1 N–H and O–H groups in total. The molecule has 0 unspecified atom stereocenters. The summed E-state index contributed by atoms with van der Waals surface area (Å²) in [6.07, 6.45) is 1.83. The molecular weight excluding hydrogens is 408 g/mol. The molecule has 1 aromatic carbocycles. The number of methoxy groups -OCH3 is 2. The number of hydrogen-bond donors (Lipinski definition) is 1. The third-order valence-electron chi connectivity index (χ3n) is 5.88. The zero-order chi connectivity index (χ0) is 22.0. The number of pyridine rings is 1. The van der Waals surface area contributed by atoms with E-state index in [4.69, 9.17) is 21.7 Å². The van der Waals surface area contributed by atoms with E-state index in [1.165, 1.54) is 17.0 Å². The van der Waals surface area contributed by atoms with Gasteiger partial charge in [-0.05, 0) is 62.0 Å². The van der Waals surface area contributed by atoms with E-state index in [9.17, 15) is 0 Å². The first-order valence-electron chi connectivity index (χ1n) is 10.4.